The van der Waals surface area contributed by atoms with Crippen molar-refractivity contribution in [3.05, 3.63) is 34.9 Å². The summed E-state index contributed by atoms with van der Waals surface area (Å²) < 4.78 is 11.4. The van der Waals surface area contributed by atoms with E-state index < -0.39 is 0 Å². The molecule has 1 heterocycles. The summed E-state index contributed by atoms with van der Waals surface area (Å²) in [5.41, 5.74) is 0.840. The highest BCUT2D eigenvalue weighted by atomic mass is 35.5. The van der Waals surface area contributed by atoms with Gasteiger partial charge in [-0.2, -0.15) is 0 Å². The third kappa shape index (κ3) is 5.42. The van der Waals surface area contributed by atoms with Crippen LogP contribution in [-0.2, 0) is 9.47 Å². The minimum absolute atomic E-state index is 0.108. The molecule has 0 spiro atoms. The maximum absolute atomic E-state index is 12.0. The lowest BCUT2D eigenvalue weighted by Gasteiger charge is -2.34. The molecule has 116 valence electrons. The first-order chi connectivity index (χ1) is 9.96. The number of unbranched alkanes of at least 4 members (excludes halogenated alkanes) is 1. The highest BCUT2D eigenvalue weighted by Crippen LogP contribution is 2.25. The minimum atomic E-state index is -0.108. The zero-order chi connectivity index (χ0) is 15.3. The van der Waals surface area contributed by atoms with Gasteiger partial charge in [0.2, 0.25) is 0 Å². The third-order valence-electron chi connectivity index (χ3n) is 3.58. The van der Waals surface area contributed by atoms with E-state index in [0.717, 1.165) is 38.0 Å². The zero-order valence-corrected chi connectivity index (χ0v) is 13.5. The van der Waals surface area contributed by atoms with Gasteiger partial charge >= 0.3 is 0 Å². The van der Waals surface area contributed by atoms with Gasteiger partial charge in [-0.3, -0.25) is 4.79 Å². The molecule has 1 aromatic rings. The van der Waals surface area contributed by atoms with Crippen molar-refractivity contribution < 1.29 is 14.3 Å². The number of carbonyl (C=O) groups is 1. The number of Topliss-reactive ketones (excluding diaryl/α,β-unsaturated/α-hetero) is 1. The van der Waals surface area contributed by atoms with E-state index in [9.17, 15) is 4.79 Å². The summed E-state index contributed by atoms with van der Waals surface area (Å²) in [6, 6.07) is 7.06. The molecule has 0 saturated carbocycles. The summed E-state index contributed by atoms with van der Waals surface area (Å²) >= 11 is 5.81. The molecule has 1 fully saturated rings. The number of benzene rings is 1. The fourth-order valence-corrected chi connectivity index (χ4v) is 2.40. The van der Waals surface area contributed by atoms with Crippen molar-refractivity contribution in [3.63, 3.8) is 0 Å². The van der Waals surface area contributed by atoms with Crippen LogP contribution < -0.4 is 0 Å². The Balaban J connectivity index is 1.64. The van der Waals surface area contributed by atoms with E-state index in [-0.39, 0.29) is 17.5 Å². The topological polar surface area (TPSA) is 35.5 Å². The molecule has 0 radical (unpaired) electrons. The molecule has 1 saturated heterocycles. The van der Waals surface area contributed by atoms with Crippen LogP contribution in [0.1, 0.15) is 49.9 Å². The molecule has 4 heteroatoms. The van der Waals surface area contributed by atoms with Gasteiger partial charge < -0.3 is 9.47 Å². The number of hydrogen-bond acceptors (Lipinski definition) is 3. The molecule has 0 N–H and O–H groups in total. The standard InChI is InChI=1S/C17H23ClO3/c1-17(2)11-20-16(21-12-17)6-4-3-5-15(19)13-7-9-14(18)10-8-13/h7-10,16H,3-6,11-12H2,1-2H3. The van der Waals surface area contributed by atoms with Gasteiger partial charge in [-0.15, -0.1) is 0 Å². The van der Waals surface area contributed by atoms with Crippen molar-refractivity contribution in [3.8, 4) is 0 Å². The third-order valence-corrected chi connectivity index (χ3v) is 3.83. The lowest BCUT2D eigenvalue weighted by Crippen LogP contribution is -2.37. The van der Waals surface area contributed by atoms with E-state index in [1.807, 2.05) is 0 Å². The number of ether oxygens (including phenoxy) is 2. The Labute approximate surface area is 131 Å². The summed E-state index contributed by atoms with van der Waals surface area (Å²) in [4.78, 5) is 12.0. The first-order valence-corrected chi connectivity index (χ1v) is 7.86. The zero-order valence-electron chi connectivity index (χ0n) is 12.7. The van der Waals surface area contributed by atoms with E-state index in [0.29, 0.717) is 11.4 Å². The normalized spacial score (nSPS) is 18.6. The van der Waals surface area contributed by atoms with Crippen LogP contribution in [0.5, 0.6) is 0 Å². The highest BCUT2D eigenvalue weighted by molar-refractivity contribution is 6.30. The quantitative estimate of drug-likeness (QED) is 0.574. The van der Waals surface area contributed by atoms with Gasteiger partial charge in [0, 0.05) is 22.4 Å². The van der Waals surface area contributed by atoms with E-state index >= 15 is 0 Å². The Morgan fingerprint density at radius 2 is 1.81 bits per heavy atom. The van der Waals surface area contributed by atoms with Crippen molar-refractivity contribution in [2.45, 2.75) is 45.8 Å². The smallest absolute Gasteiger partial charge is 0.162 e. The Hall–Kier alpha value is -0.900. The van der Waals surface area contributed by atoms with E-state index in [4.69, 9.17) is 21.1 Å². The van der Waals surface area contributed by atoms with Crippen molar-refractivity contribution in [1.82, 2.24) is 0 Å². The summed E-state index contributed by atoms with van der Waals surface area (Å²) in [5, 5.41) is 0.654. The van der Waals surface area contributed by atoms with Crippen molar-refractivity contribution in [2.75, 3.05) is 13.2 Å². The van der Waals surface area contributed by atoms with Gasteiger partial charge in [0.1, 0.15) is 0 Å². The van der Waals surface area contributed by atoms with Crippen LogP contribution in [0.15, 0.2) is 24.3 Å². The van der Waals surface area contributed by atoms with Crippen LogP contribution in [0.2, 0.25) is 5.02 Å². The lowest BCUT2D eigenvalue weighted by atomic mass is 9.95. The number of rotatable bonds is 6. The Kier molecular flexibility index (Phi) is 5.80. The van der Waals surface area contributed by atoms with Gasteiger partial charge in [-0.05, 0) is 43.5 Å². The van der Waals surface area contributed by atoms with Crippen LogP contribution in [0.25, 0.3) is 0 Å². The van der Waals surface area contributed by atoms with Crippen LogP contribution in [0.4, 0.5) is 0 Å². The number of carbonyl (C=O) groups excluding carboxylic acids is 1. The Morgan fingerprint density at radius 3 is 2.43 bits per heavy atom. The maximum Gasteiger partial charge on any atom is 0.162 e. The van der Waals surface area contributed by atoms with Crippen LogP contribution in [-0.4, -0.2) is 25.3 Å². The molecule has 0 unspecified atom stereocenters. The molecule has 0 atom stereocenters. The van der Waals surface area contributed by atoms with E-state index in [1.54, 1.807) is 24.3 Å². The SMILES string of the molecule is CC1(C)COC(CCCCC(=O)c2ccc(Cl)cc2)OC1. The largest absolute Gasteiger partial charge is 0.352 e. The van der Waals surface area contributed by atoms with Crippen molar-refractivity contribution >= 4 is 17.4 Å². The van der Waals surface area contributed by atoms with E-state index in [1.165, 1.54) is 0 Å². The average molecular weight is 311 g/mol. The molecule has 0 amide bonds. The second-order valence-corrected chi connectivity index (χ2v) is 6.83. The molecular formula is C17H23ClO3. The number of ketones is 1. The second-order valence-electron chi connectivity index (χ2n) is 6.39. The summed E-state index contributed by atoms with van der Waals surface area (Å²) in [5.74, 6) is 0.165. The first-order valence-electron chi connectivity index (χ1n) is 7.48. The number of halogens is 1. The molecule has 0 bridgehead atoms. The fraction of sp³-hybridized carbons (Fsp3) is 0.588. The molecule has 3 nitrogen and oxygen atoms in total. The van der Waals surface area contributed by atoms with Crippen LogP contribution >= 0.6 is 11.6 Å². The highest BCUT2D eigenvalue weighted by Gasteiger charge is 2.27. The predicted molar refractivity (Wildman–Crippen MR) is 83.7 cm³/mol. The Morgan fingerprint density at radius 1 is 1.19 bits per heavy atom. The van der Waals surface area contributed by atoms with Crippen LogP contribution in [0, 0.1) is 5.41 Å². The Bertz CT molecular complexity index is 457. The summed E-state index contributed by atoms with van der Waals surface area (Å²) in [6.07, 6.45) is 3.09. The van der Waals surface area contributed by atoms with Gasteiger partial charge in [0.05, 0.1) is 13.2 Å². The molecule has 0 aromatic heterocycles. The van der Waals surface area contributed by atoms with Gasteiger partial charge in [0.15, 0.2) is 12.1 Å². The number of hydrogen-bond donors (Lipinski definition) is 0. The van der Waals surface area contributed by atoms with Gasteiger partial charge in [0.25, 0.3) is 0 Å². The minimum Gasteiger partial charge on any atom is -0.352 e. The van der Waals surface area contributed by atoms with Crippen molar-refractivity contribution in [1.29, 1.82) is 0 Å². The summed E-state index contributed by atoms with van der Waals surface area (Å²) in [7, 11) is 0. The predicted octanol–water partition coefficient (Wildman–Crippen LogP) is 4.48. The van der Waals surface area contributed by atoms with Crippen molar-refractivity contribution in [2.24, 2.45) is 5.41 Å². The molecular weight excluding hydrogens is 288 g/mol. The monoisotopic (exact) mass is 310 g/mol. The first kappa shape index (κ1) is 16.5. The van der Waals surface area contributed by atoms with Crippen LogP contribution in [0.3, 0.4) is 0 Å². The molecule has 1 aliphatic heterocycles. The maximum atomic E-state index is 12.0. The fourth-order valence-electron chi connectivity index (χ4n) is 2.27. The molecule has 21 heavy (non-hydrogen) atoms. The molecule has 1 aromatic carbocycles. The molecule has 0 aliphatic carbocycles. The second kappa shape index (κ2) is 7.39. The molecule has 2 rings (SSSR count). The van der Waals surface area contributed by atoms with Gasteiger partial charge in [-0.25, -0.2) is 0 Å². The van der Waals surface area contributed by atoms with E-state index in [2.05, 4.69) is 13.8 Å². The summed E-state index contributed by atoms with van der Waals surface area (Å²) in [6.45, 7) is 5.74. The van der Waals surface area contributed by atoms with Gasteiger partial charge in [-0.1, -0.05) is 25.4 Å². The average Bonchev–Trinajstić information content (AvgIpc) is 2.45. The molecule has 1 aliphatic rings. The lowest BCUT2D eigenvalue weighted by molar-refractivity contribution is -0.224.